The molecule has 0 saturated heterocycles. The third kappa shape index (κ3) is 8.50. The number of carbonyl (C=O) groups excluding carboxylic acids is 1. The molecule has 7 aromatic rings. The largest absolute Gasteiger partial charge is 0.514 e. The highest BCUT2D eigenvalue weighted by atomic mass is 16.7. The molecule has 0 saturated carbocycles. The van der Waals surface area contributed by atoms with Gasteiger partial charge < -0.3 is 18.9 Å². The van der Waals surface area contributed by atoms with Gasteiger partial charge in [0.05, 0.1) is 6.10 Å². The Morgan fingerprint density at radius 1 is 0.500 bits per heavy atom. The Labute approximate surface area is 404 Å². The minimum atomic E-state index is -0.790. The summed E-state index contributed by atoms with van der Waals surface area (Å²) in [5.41, 5.74) is 13.6. The fourth-order valence-corrected chi connectivity index (χ4v) is 10.6. The topological polar surface area (TPSA) is 54.0 Å². The van der Waals surface area contributed by atoms with Crippen molar-refractivity contribution in [3.8, 4) is 23.0 Å². The number of hydrogen-bond donors (Lipinski definition) is 0. The van der Waals surface area contributed by atoms with E-state index in [1.165, 1.54) is 55.6 Å². The zero-order chi connectivity index (χ0) is 48.1. The Balaban J connectivity index is 0.879. The summed E-state index contributed by atoms with van der Waals surface area (Å²) in [7, 11) is 0. The number of carbonyl (C=O) groups is 1. The summed E-state index contributed by atoms with van der Waals surface area (Å²) in [6.45, 7) is 23.7. The van der Waals surface area contributed by atoms with Crippen molar-refractivity contribution in [2.24, 2.45) is 0 Å². The van der Waals surface area contributed by atoms with Crippen molar-refractivity contribution >= 4 is 6.16 Å². The van der Waals surface area contributed by atoms with E-state index in [1.54, 1.807) is 0 Å². The third-order valence-electron chi connectivity index (χ3n) is 15.3. The van der Waals surface area contributed by atoms with Crippen molar-refractivity contribution in [1.82, 2.24) is 0 Å². The lowest BCUT2D eigenvalue weighted by Crippen LogP contribution is -2.37. The van der Waals surface area contributed by atoms with Crippen molar-refractivity contribution in [3.63, 3.8) is 0 Å². The van der Waals surface area contributed by atoms with Crippen LogP contribution in [0.25, 0.3) is 0 Å². The highest BCUT2D eigenvalue weighted by Gasteiger charge is 2.45. The van der Waals surface area contributed by atoms with E-state index in [0.717, 1.165) is 28.4 Å². The summed E-state index contributed by atoms with van der Waals surface area (Å²) >= 11 is 0. The van der Waals surface area contributed by atoms with Crippen molar-refractivity contribution in [1.29, 1.82) is 0 Å². The number of ether oxygens (including phenoxy) is 4. The van der Waals surface area contributed by atoms with Crippen LogP contribution >= 0.6 is 0 Å². The highest BCUT2D eigenvalue weighted by Crippen LogP contribution is 2.60. The first kappa shape index (κ1) is 46.5. The summed E-state index contributed by atoms with van der Waals surface area (Å²) in [6, 6.07) is 55.8. The summed E-state index contributed by atoms with van der Waals surface area (Å²) in [5.74, 6) is 3.55. The third-order valence-corrected chi connectivity index (χ3v) is 15.3. The zero-order valence-electron chi connectivity index (χ0n) is 41.6. The van der Waals surface area contributed by atoms with Gasteiger partial charge in [-0.3, -0.25) is 0 Å². The monoisotopic (exact) mass is 902 g/mol. The molecule has 0 amide bonds. The number of benzene rings is 7. The lowest BCUT2D eigenvalue weighted by Gasteiger charge is -2.43. The average Bonchev–Trinajstić information content (AvgIpc) is 3.34. The molecule has 2 bridgehead atoms. The first-order valence-electron chi connectivity index (χ1n) is 24.5. The van der Waals surface area contributed by atoms with Gasteiger partial charge in [0, 0.05) is 39.7 Å². The molecule has 10 rings (SSSR count). The SMILES string of the molecule is CCC(C)(OC(=O)Oc1ccc(C(C)(C)c2ccc(C(C)C)cc2)cc1)C(C)c1ccc(C(C)(C)c2ccc(Oc3ccc(OC(C)C)c4c3C3c5ccccc5C4c4ccccc43)cc2)cc1. The molecule has 0 aromatic heterocycles. The smallest absolute Gasteiger partial charge is 0.491 e. The standard InChI is InChI=1S/C63H66O5/c1-12-63(11,68-60(64)67-49-35-31-47(32-36-49)61(7,8)44-25-21-42(22-26-44)39(2)3)41(6)43-23-27-45(28-24-43)62(9,10)46-29-33-48(34-30-46)66-55-38-37-54(65-40(4)5)58-56-50-17-13-15-19-52(50)57(59(55)58)53-20-16-14-18-51(53)56/h13-41,56-57H,12H2,1-11H3. The minimum Gasteiger partial charge on any atom is -0.491 e. The molecular weight excluding hydrogens is 837 g/mol. The van der Waals surface area contributed by atoms with Crippen molar-refractivity contribution < 1.29 is 23.7 Å². The Morgan fingerprint density at radius 2 is 0.897 bits per heavy atom. The van der Waals surface area contributed by atoms with E-state index in [2.05, 4.69) is 196 Å². The van der Waals surface area contributed by atoms with Gasteiger partial charge in [0.15, 0.2) is 0 Å². The molecule has 0 radical (unpaired) electrons. The van der Waals surface area contributed by atoms with Crippen molar-refractivity contribution in [2.75, 3.05) is 0 Å². The van der Waals surface area contributed by atoms with E-state index >= 15 is 0 Å². The molecule has 7 aromatic carbocycles. The highest BCUT2D eigenvalue weighted by molar-refractivity contribution is 5.73. The molecule has 0 aliphatic heterocycles. The van der Waals surface area contributed by atoms with Gasteiger partial charge in [-0.05, 0) is 125 Å². The lowest BCUT2D eigenvalue weighted by atomic mass is 9.60. The number of hydrogen-bond acceptors (Lipinski definition) is 5. The summed E-state index contributed by atoms with van der Waals surface area (Å²) < 4.78 is 25.3. The fraction of sp³-hybridized carbons (Fsp3) is 0.317. The van der Waals surface area contributed by atoms with Crippen LogP contribution in [0.1, 0.15) is 173 Å². The maximum atomic E-state index is 13.4. The van der Waals surface area contributed by atoms with Gasteiger partial charge in [-0.2, -0.15) is 0 Å². The van der Waals surface area contributed by atoms with Crippen LogP contribution in [0.2, 0.25) is 0 Å². The van der Waals surface area contributed by atoms with Gasteiger partial charge in [-0.1, -0.05) is 177 Å². The van der Waals surface area contributed by atoms with Crippen LogP contribution in [0.5, 0.6) is 23.0 Å². The molecule has 3 aliphatic rings. The molecule has 3 aliphatic carbocycles. The van der Waals surface area contributed by atoms with Crippen LogP contribution in [0.15, 0.2) is 158 Å². The van der Waals surface area contributed by atoms with Gasteiger partial charge in [0.1, 0.15) is 28.6 Å². The van der Waals surface area contributed by atoms with Gasteiger partial charge in [0.2, 0.25) is 0 Å². The molecule has 0 heterocycles. The van der Waals surface area contributed by atoms with E-state index in [-0.39, 0.29) is 34.7 Å². The molecule has 68 heavy (non-hydrogen) atoms. The van der Waals surface area contributed by atoms with Crippen molar-refractivity contribution in [3.05, 3.63) is 224 Å². The zero-order valence-corrected chi connectivity index (χ0v) is 41.6. The molecule has 2 atom stereocenters. The molecule has 5 nitrogen and oxygen atoms in total. The summed E-state index contributed by atoms with van der Waals surface area (Å²) in [6.07, 6.45) is -0.0435. The predicted octanol–water partition coefficient (Wildman–Crippen LogP) is 16.5. The van der Waals surface area contributed by atoms with Crippen LogP contribution in [0.3, 0.4) is 0 Å². The Morgan fingerprint density at radius 3 is 1.32 bits per heavy atom. The van der Waals surface area contributed by atoms with E-state index in [4.69, 9.17) is 18.9 Å². The second-order valence-corrected chi connectivity index (χ2v) is 20.8. The number of rotatable bonds is 14. The maximum absolute atomic E-state index is 13.4. The second-order valence-electron chi connectivity index (χ2n) is 20.8. The van der Waals surface area contributed by atoms with Gasteiger partial charge in [-0.15, -0.1) is 0 Å². The minimum absolute atomic E-state index is 0.0432. The van der Waals surface area contributed by atoms with E-state index < -0.39 is 11.8 Å². The maximum Gasteiger partial charge on any atom is 0.514 e. The second kappa shape index (κ2) is 18.1. The molecule has 0 fully saturated rings. The van der Waals surface area contributed by atoms with Crippen molar-refractivity contribution in [2.45, 2.75) is 129 Å². The molecule has 5 heteroatoms. The Bertz CT molecular complexity index is 2880. The average molecular weight is 903 g/mol. The molecule has 0 spiro atoms. The predicted molar refractivity (Wildman–Crippen MR) is 275 cm³/mol. The Kier molecular flexibility index (Phi) is 12.4. The summed E-state index contributed by atoms with van der Waals surface area (Å²) in [5, 5.41) is 0. The molecule has 2 unspecified atom stereocenters. The Hall–Kier alpha value is -6.59. The molecule has 348 valence electrons. The van der Waals surface area contributed by atoms with Crippen LogP contribution in [-0.4, -0.2) is 17.9 Å². The quantitative estimate of drug-likeness (QED) is 0.0804. The normalized spacial score (nSPS) is 16.3. The molecule has 0 N–H and O–H groups in total. The lowest BCUT2D eigenvalue weighted by molar-refractivity contribution is -0.0195. The van der Waals surface area contributed by atoms with Gasteiger partial charge in [0.25, 0.3) is 0 Å². The van der Waals surface area contributed by atoms with E-state index in [9.17, 15) is 4.79 Å². The first-order valence-corrected chi connectivity index (χ1v) is 24.5. The van der Waals surface area contributed by atoms with Crippen LogP contribution < -0.4 is 14.2 Å². The first-order chi connectivity index (χ1) is 32.5. The van der Waals surface area contributed by atoms with Gasteiger partial charge >= 0.3 is 6.16 Å². The van der Waals surface area contributed by atoms with Crippen LogP contribution in [-0.2, 0) is 15.6 Å². The van der Waals surface area contributed by atoms with Crippen LogP contribution in [0.4, 0.5) is 4.79 Å². The molecular formula is C63H66O5. The van der Waals surface area contributed by atoms with E-state index in [1.807, 2.05) is 38.1 Å². The van der Waals surface area contributed by atoms with Crippen LogP contribution in [0, 0.1) is 0 Å². The van der Waals surface area contributed by atoms with Gasteiger partial charge in [-0.25, -0.2) is 4.79 Å². The fourth-order valence-electron chi connectivity index (χ4n) is 10.6. The summed E-state index contributed by atoms with van der Waals surface area (Å²) in [4.78, 5) is 13.4. The van der Waals surface area contributed by atoms with E-state index in [0.29, 0.717) is 18.1 Å².